The lowest BCUT2D eigenvalue weighted by Crippen LogP contribution is -2.09. The maximum absolute atomic E-state index is 6.65. The Morgan fingerprint density at radius 1 is 0.358 bits per heavy atom. The fraction of sp³-hybridized carbons (Fsp3) is 0. The van der Waals surface area contributed by atoms with Gasteiger partial charge in [-0.1, -0.05) is 103 Å². The Morgan fingerprint density at radius 3 is 1.36 bits per heavy atom. The second kappa shape index (κ2) is 11.7. The van der Waals surface area contributed by atoms with Crippen molar-refractivity contribution in [1.29, 1.82) is 0 Å². The zero-order valence-electron chi connectivity index (χ0n) is 28.5. The highest BCUT2D eigenvalue weighted by atomic mass is 16.3. The average molecular weight is 679 g/mol. The summed E-state index contributed by atoms with van der Waals surface area (Å²) in [5.41, 5.74) is 11.1. The molecule has 11 aromatic rings. The second-order valence-corrected chi connectivity index (χ2v) is 13.6. The summed E-state index contributed by atoms with van der Waals surface area (Å²) in [6.07, 6.45) is 3.70. The minimum absolute atomic E-state index is 0.848. The molecule has 0 aliphatic heterocycles. The molecule has 53 heavy (non-hydrogen) atoms. The highest BCUT2D eigenvalue weighted by Gasteiger charge is 2.19. The molecule has 11 rings (SSSR count). The third-order valence-corrected chi connectivity index (χ3v) is 10.5. The van der Waals surface area contributed by atoms with E-state index in [0.717, 1.165) is 94.0 Å². The molecule has 0 saturated heterocycles. The molecule has 4 nitrogen and oxygen atoms in total. The number of rotatable bonds is 5. The third-order valence-electron chi connectivity index (χ3n) is 10.5. The molecule has 0 aliphatic rings. The molecule has 0 radical (unpaired) electrons. The number of benzene rings is 8. The zero-order valence-corrected chi connectivity index (χ0v) is 28.5. The topological polar surface area (TPSA) is 42.4 Å². The third kappa shape index (κ3) is 4.80. The maximum Gasteiger partial charge on any atom is 0.143 e. The van der Waals surface area contributed by atoms with Crippen LogP contribution in [0.3, 0.4) is 0 Å². The highest BCUT2D eigenvalue weighted by Crippen LogP contribution is 2.43. The molecule has 4 heteroatoms. The first kappa shape index (κ1) is 29.5. The van der Waals surface area contributed by atoms with Crippen LogP contribution in [0.2, 0.25) is 0 Å². The van der Waals surface area contributed by atoms with Gasteiger partial charge in [-0.3, -0.25) is 4.98 Å². The van der Waals surface area contributed by atoms with Crippen LogP contribution in [0.4, 0.5) is 17.1 Å². The van der Waals surface area contributed by atoms with Crippen molar-refractivity contribution in [2.24, 2.45) is 0 Å². The fourth-order valence-electron chi connectivity index (χ4n) is 7.90. The molecule has 0 saturated carbocycles. The van der Waals surface area contributed by atoms with E-state index in [0.29, 0.717) is 0 Å². The van der Waals surface area contributed by atoms with Crippen LogP contribution < -0.4 is 4.90 Å². The fourth-order valence-corrected chi connectivity index (χ4v) is 7.90. The van der Waals surface area contributed by atoms with Crippen LogP contribution in [-0.4, -0.2) is 4.98 Å². The van der Waals surface area contributed by atoms with Gasteiger partial charge in [0.2, 0.25) is 0 Å². The van der Waals surface area contributed by atoms with Crippen molar-refractivity contribution in [3.63, 3.8) is 0 Å². The van der Waals surface area contributed by atoms with Gasteiger partial charge >= 0.3 is 0 Å². The Bertz CT molecular complexity index is 3000. The van der Waals surface area contributed by atoms with Gasteiger partial charge in [0, 0.05) is 73.9 Å². The van der Waals surface area contributed by atoms with Crippen LogP contribution in [-0.2, 0) is 0 Å². The van der Waals surface area contributed by atoms with Crippen LogP contribution in [0.25, 0.3) is 87.7 Å². The summed E-state index contributed by atoms with van der Waals surface area (Å²) in [6.45, 7) is 0. The molecule has 8 aromatic carbocycles. The van der Waals surface area contributed by atoms with Gasteiger partial charge < -0.3 is 13.7 Å². The van der Waals surface area contributed by atoms with Crippen LogP contribution in [0.15, 0.2) is 191 Å². The van der Waals surface area contributed by atoms with Crippen molar-refractivity contribution >= 4 is 82.5 Å². The van der Waals surface area contributed by atoms with Crippen molar-refractivity contribution in [2.75, 3.05) is 4.90 Å². The van der Waals surface area contributed by atoms with Crippen molar-refractivity contribution in [1.82, 2.24) is 4.98 Å². The summed E-state index contributed by atoms with van der Waals surface area (Å²) in [7, 11) is 0. The maximum atomic E-state index is 6.65. The van der Waals surface area contributed by atoms with E-state index in [-0.39, 0.29) is 0 Å². The SMILES string of the molecule is c1cncc(-c2ccc(-c3ccc(N(c4ccc5c(c4)oc4c6ccccc6ccc54)c4ccc5c(c4)oc4c6ccccc6ccc54)cc3)cc2)c1. The monoisotopic (exact) mass is 678 g/mol. The summed E-state index contributed by atoms with van der Waals surface area (Å²) >= 11 is 0. The molecule has 0 unspecified atom stereocenters. The molecule has 0 atom stereocenters. The number of fused-ring (bicyclic) bond motifs is 10. The number of pyridine rings is 1. The van der Waals surface area contributed by atoms with Crippen molar-refractivity contribution in [2.45, 2.75) is 0 Å². The number of aromatic nitrogens is 1. The number of furan rings is 2. The molecule has 248 valence electrons. The molecular weight excluding hydrogens is 649 g/mol. The number of anilines is 3. The van der Waals surface area contributed by atoms with Crippen LogP contribution in [0, 0.1) is 0 Å². The molecule has 0 bridgehead atoms. The van der Waals surface area contributed by atoms with Gasteiger partial charge in [0.1, 0.15) is 22.3 Å². The van der Waals surface area contributed by atoms with Crippen LogP contribution in [0.1, 0.15) is 0 Å². The molecule has 0 N–H and O–H groups in total. The van der Waals surface area contributed by atoms with E-state index in [1.165, 1.54) is 10.8 Å². The first-order chi connectivity index (χ1) is 26.2. The lowest BCUT2D eigenvalue weighted by atomic mass is 10.0. The lowest BCUT2D eigenvalue weighted by Gasteiger charge is -2.25. The molecule has 0 spiro atoms. The van der Waals surface area contributed by atoms with E-state index in [9.17, 15) is 0 Å². The molecule has 0 fully saturated rings. The van der Waals surface area contributed by atoms with Crippen molar-refractivity contribution < 1.29 is 8.83 Å². The Hall–Kier alpha value is -7.17. The zero-order chi connectivity index (χ0) is 34.9. The van der Waals surface area contributed by atoms with E-state index in [1.54, 1.807) is 6.20 Å². The van der Waals surface area contributed by atoms with E-state index < -0.39 is 0 Å². The van der Waals surface area contributed by atoms with Crippen LogP contribution in [0.5, 0.6) is 0 Å². The normalized spacial score (nSPS) is 11.8. The van der Waals surface area contributed by atoms with Crippen molar-refractivity contribution in [3.8, 4) is 22.3 Å². The Balaban J connectivity index is 1.05. The Labute approximate surface area is 304 Å². The predicted octanol–water partition coefficient (Wildman–Crippen LogP) is 14.0. The first-order valence-corrected chi connectivity index (χ1v) is 17.8. The number of hydrogen-bond acceptors (Lipinski definition) is 4. The minimum atomic E-state index is 0.848. The van der Waals surface area contributed by atoms with Crippen molar-refractivity contribution in [3.05, 3.63) is 182 Å². The standard InChI is InChI=1S/C49H30N2O2/c1-3-9-40-34(6-1)17-23-44-42-25-21-38(28-46(42)52-48(40)44)51(37-19-15-32(16-20-37)31-11-13-33(14-12-31)36-8-5-27-50-30-36)39-22-26-43-45-24-18-35-7-2-4-10-41(35)49(45)53-47(43)29-39/h1-30H. The Kier molecular flexibility index (Phi) is 6.52. The molecule has 0 amide bonds. The number of nitrogens with zero attached hydrogens (tertiary/aromatic N) is 2. The predicted molar refractivity (Wildman–Crippen MR) is 219 cm³/mol. The highest BCUT2D eigenvalue weighted by molar-refractivity contribution is 6.17. The van der Waals surface area contributed by atoms with Gasteiger partial charge in [0.25, 0.3) is 0 Å². The van der Waals surface area contributed by atoms with E-state index in [2.05, 4.69) is 174 Å². The van der Waals surface area contributed by atoms with Gasteiger partial charge in [-0.05, 0) is 87.6 Å². The number of hydrogen-bond donors (Lipinski definition) is 0. The summed E-state index contributed by atoms with van der Waals surface area (Å²) in [5.74, 6) is 0. The first-order valence-electron chi connectivity index (χ1n) is 17.8. The second-order valence-electron chi connectivity index (χ2n) is 13.6. The molecule has 0 aliphatic carbocycles. The van der Waals surface area contributed by atoms with Gasteiger partial charge in [-0.15, -0.1) is 0 Å². The van der Waals surface area contributed by atoms with E-state index in [4.69, 9.17) is 8.83 Å². The molecular formula is C49H30N2O2. The minimum Gasteiger partial charge on any atom is -0.455 e. The average Bonchev–Trinajstić information content (AvgIpc) is 3.80. The van der Waals surface area contributed by atoms with Gasteiger partial charge in [-0.2, -0.15) is 0 Å². The van der Waals surface area contributed by atoms with Gasteiger partial charge in [-0.25, -0.2) is 0 Å². The van der Waals surface area contributed by atoms with Crippen LogP contribution >= 0.6 is 0 Å². The summed E-state index contributed by atoms with van der Waals surface area (Å²) in [6, 6.07) is 60.0. The quantitative estimate of drug-likeness (QED) is 0.182. The largest absolute Gasteiger partial charge is 0.455 e. The molecule has 3 aromatic heterocycles. The lowest BCUT2D eigenvalue weighted by molar-refractivity contribution is 0.672. The van der Waals surface area contributed by atoms with Gasteiger partial charge in [0.05, 0.1) is 0 Å². The van der Waals surface area contributed by atoms with E-state index >= 15 is 0 Å². The molecule has 3 heterocycles. The summed E-state index contributed by atoms with van der Waals surface area (Å²) in [5, 5.41) is 8.99. The summed E-state index contributed by atoms with van der Waals surface area (Å²) < 4.78 is 13.3. The Morgan fingerprint density at radius 2 is 0.830 bits per heavy atom. The van der Waals surface area contributed by atoms with E-state index in [1.807, 2.05) is 12.3 Å². The summed E-state index contributed by atoms with van der Waals surface area (Å²) in [4.78, 5) is 6.56. The van der Waals surface area contributed by atoms with Gasteiger partial charge in [0.15, 0.2) is 0 Å². The smallest absolute Gasteiger partial charge is 0.143 e.